The second-order valence-corrected chi connectivity index (χ2v) is 5.42. The topological polar surface area (TPSA) is 33.2 Å². The van der Waals surface area contributed by atoms with Crippen molar-refractivity contribution in [2.24, 2.45) is 0 Å². The van der Waals surface area contributed by atoms with Crippen LogP contribution in [-0.2, 0) is 11.3 Å². The largest absolute Gasteiger partial charge is 0.367 e. The highest BCUT2D eigenvalue weighted by Crippen LogP contribution is 2.21. The molecule has 0 atom stereocenters. The van der Waals surface area contributed by atoms with Crippen molar-refractivity contribution in [2.45, 2.75) is 13.5 Å². The Balaban J connectivity index is 0.000000924. The van der Waals surface area contributed by atoms with E-state index in [4.69, 9.17) is 16.4 Å². The molecule has 118 valence electrons. The number of nitrogens with zero attached hydrogens (tertiary/aromatic N) is 2. The lowest BCUT2D eigenvalue weighted by atomic mass is 10.1. The Bertz CT molecular complexity index is 776. The summed E-state index contributed by atoms with van der Waals surface area (Å²) in [5, 5.41) is 3.08. The van der Waals surface area contributed by atoms with E-state index in [1.54, 1.807) is 6.20 Å². The summed E-state index contributed by atoms with van der Waals surface area (Å²) in [6.07, 6.45) is 1.75. The van der Waals surface area contributed by atoms with Crippen LogP contribution in [0.5, 0.6) is 0 Å². The first-order chi connectivity index (χ1) is 11.3. The second-order valence-electron chi connectivity index (χ2n) is 5.03. The van der Waals surface area contributed by atoms with E-state index in [9.17, 15) is 0 Å². The number of carbonyl (C=O) groups excluding carboxylic acids is 1. The van der Waals surface area contributed by atoms with Gasteiger partial charge in [-0.05, 0) is 41.5 Å². The standard InChI is InChI=1S/C18H17ClN2.CH2O/c1-2-21(17-9-10-20-18(19)12-17)13-14-7-8-15-5-3-4-6-16(15)11-14;1-2/h3-12H,2,13H2,1H3;1H2. The van der Waals surface area contributed by atoms with E-state index in [-0.39, 0.29) is 0 Å². The molecular formula is C19H19ClN2O. The zero-order chi connectivity index (χ0) is 16.7. The van der Waals surface area contributed by atoms with Gasteiger partial charge in [0, 0.05) is 25.0 Å². The van der Waals surface area contributed by atoms with Gasteiger partial charge in [0.25, 0.3) is 0 Å². The first-order valence-electron chi connectivity index (χ1n) is 7.39. The molecule has 0 radical (unpaired) electrons. The van der Waals surface area contributed by atoms with Crippen LogP contribution < -0.4 is 4.90 Å². The molecule has 0 aliphatic rings. The van der Waals surface area contributed by atoms with Crippen molar-refractivity contribution in [1.82, 2.24) is 4.98 Å². The maximum absolute atomic E-state index is 8.00. The molecule has 0 saturated carbocycles. The predicted molar refractivity (Wildman–Crippen MR) is 97.0 cm³/mol. The Morgan fingerprint density at radius 1 is 1.04 bits per heavy atom. The number of aromatic nitrogens is 1. The van der Waals surface area contributed by atoms with Crippen LogP contribution >= 0.6 is 11.6 Å². The molecule has 0 saturated heterocycles. The van der Waals surface area contributed by atoms with Crippen LogP contribution in [0.4, 0.5) is 5.69 Å². The number of pyridine rings is 1. The minimum atomic E-state index is 0.532. The molecule has 0 bridgehead atoms. The highest BCUT2D eigenvalue weighted by molar-refractivity contribution is 6.29. The zero-order valence-electron chi connectivity index (χ0n) is 13.1. The van der Waals surface area contributed by atoms with Gasteiger partial charge in [-0.15, -0.1) is 0 Å². The van der Waals surface area contributed by atoms with Crippen molar-refractivity contribution in [2.75, 3.05) is 11.4 Å². The van der Waals surface area contributed by atoms with E-state index >= 15 is 0 Å². The molecule has 3 nitrogen and oxygen atoms in total. The Hall–Kier alpha value is -2.39. The van der Waals surface area contributed by atoms with Gasteiger partial charge in [-0.3, -0.25) is 0 Å². The monoisotopic (exact) mass is 326 g/mol. The minimum Gasteiger partial charge on any atom is -0.367 e. The number of halogens is 1. The van der Waals surface area contributed by atoms with Gasteiger partial charge in [0.2, 0.25) is 0 Å². The summed E-state index contributed by atoms with van der Waals surface area (Å²) in [6.45, 7) is 5.93. The number of hydrogen-bond donors (Lipinski definition) is 0. The van der Waals surface area contributed by atoms with Crippen molar-refractivity contribution >= 4 is 34.8 Å². The van der Waals surface area contributed by atoms with Crippen LogP contribution in [0.2, 0.25) is 5.15 Å². The van der Waals surface area contributed by atoms with Crippen molar-refractivity contribution in [1.29, 1.82) is 0 Å². The lowest BCUT2D eigenvalue weighted by Gasteiger charge is -2.23. The lowest BCUT2D eigenvalue weighted by Crippen LogP contribution is -2.21. The maximum atomic E-state index is 8.00. The van der Waals surface area contributed by atoms with Crippen LogP contribution in [-0.4, -0.2) is 18.3 Å². The average Bonchev–Trinajstić information content (AvgIpc) is 2.61. The molecule has 0 spiro atoms. The molecule has 0 aliphatic heterocycles. The van der Waals surface area contributed by atoms with Crippen LogP contribution in [0.25, 0.3) is 10.8 Å². The minimum absolute atomic E-state index is 0.532. The zero-order valence-corrected chi connectivity index (χ0v) is 13.8. The van der Waals surface area contributed by atoms with Gasteiger partial charge < -0.3 is 9.69 Å². The fourth-order valence-corrected chi connectivity index (χ4v) is 2.70. The van der Waals surface area contributed by atoms with Crippen LogP contribution in [0.3, 0.4) is 0 Å². The second kappa shape index (κ2) is 8.30. The summed E-state index contributed by atoms with van der Waals surface area (Å²) < 4.78 is 0. The summed E-state index contributed by atoms with van der Waals surface area (Å²) in [5.74, 6) is 0. The molecule has 0 unspecified atom stereocenters. The van der Waals surface area contributed by atoms with E-state index in [1.165, 1.54) is 16.3 Å². The first-order valence-corrected chi connectivity index (χ1v) is 7.77. The Morgan fingerprint density at radius 3 is 2.48 bits per heavy atom. The van der Waals surface area contributed by atoms with Gasteiger partial charge in [-0.2, -0.15) is 0 Å². The highest BCUT2D eigenvalue weighted by Gasteiger charge is 2.07. The third-order valence-electron chi connectivity index (χ3n) is 3.64. The third-order valence-corrected chi connectivity index (χ3v) is 3.85. The number of fused-ring (bicyclic) bond motifs is 1. The number of anilines is 1. The SMILES string of the molecule is C=O.CCN(Cc1ccc2ccccc2c1)c1ccnc(Cl)c1. The molecule has 1 heterocycles. The van der Waals surface area contributed by atoms with Gasteiger partial charge in [0.15, 0.2) is 0 Å². The fourth-order valence-electron chi connectivity index (χ4n) is 2.53. The third kappa shape index (κ3) is 4.30. The smallest absolute Gasteiger partial charge is 0.131 e. The van der Waals surface area contributed by atoms with E-state index < -0.39 is 0 Å². The molecule has 0 fully saturated rings. The van der Waals surface area contributed by atoms with Crippen molar-refractivity contribution in [3.05, 3.63) is 71.5 Å². The van der Waals surface area contributed by atoms with E-state index in [0.717, 1.165) is 18.8 Å². The molecule has 1 aromatic heterocycles. The van der Waals surface area contributed by atoms with Crippen molar-refractivity contribution < 1.29 is 4.79 Å². The Labute approximate surface area is 141 Å². The van der Waals surface area contributed by atoms with Gasteiger partial charge in [-0.1, -0.05) is 48.0 Å². The normalized spacial score (nSPS) is 10.0. The Kier molecular flexibility index (Phi) is 6.12. The van der Waals surface area contributed by atoms with E-state index in [1.807, 2.05) is 18.9 Å². The van der Waals surface area contributed by atoms with Crippen molar-refractivity contribution in [3.63, 3.8) is 0 Å². The maximum Gasteiger partial charge on any atom is 0.131 e. The number of carbonyl (C=O) groups is 1. The van der Waals surface area contributed by atoms with Gasteiger partial charge in [-0.25, -0.2) is 4.98 Å². The van der Waals surface area contributed by atoms with Crippen LogP contribution in [0.1, 0.15) is 12.5 Å². The van der Waals surface area contributed by atoms with Crippen LogP contribution in [0, 0.1) is 0 Å². The van der Waals surface area contributed by atoms with Crippen molar-refractivity contribution in [3.8, 4) is 0 Å². The van der Waals surface area contributed by atoms with Crippen LogP contribution in [0.15, 0.2) is 60.8 Å². The van der Waals surface area contributed by atoms with Gasteiger partial charge in [0.1, 0.15) is 11.9 Å². The number of rotatable bonds is 4. The molecule has 2 aromatic carbocycles. The Morgan fingerprint density at radius 2 is 1.78 bits per heavy atom. The van der Waals surface area contributed by atoms with Gasteiger partial charge >= 0.3 is 0 Å². The lowest BCUT2D eigenvalue weighted by molar-refractivity contribution is -0.0979. The summed E-state index contributed by atoms with van der Waals surface area (Å²) >= 11 is 5.99. The summed E-state index contributed by atoms with van der Waals surface area (Å²) in [6, 6.07) is 19.0. The summed E-state index contributed by atoms with van der Waals surface area (Å²) in [5.41, 5.74) is 2.40. The predicted octanol–water partition coefficient (Wildman–Crippen LogP) is 4.73. The molecular weight excluding hydrogens is 308 g/mol. The molecule has 0 aliphatic carbocycles. The highest BCUT2D eigenvalue weighted by atomic mass is 35.5. The summed E-state index contributed by atoms with van der Waals surface area (Å²) in [4.78, 5) is 14.3. The van der Waals surface area contributed by atoms with Gasteiger partial charge in [0.05, 0.1) is 0 Å². The molecule has 4 heteroatoms. The first kappa shape index (κ1) is 17.0. The molecule has 3 rings (SSSR count). The molecule has 3 aromatic rings. The van der Waals surface area contributed by atoms with E-state index in [0.29, 0.717) is 5.15 Å². The molecule has 23 heavy (non-hydrogen) atoms. The quantitative estimate of drug-likeness (QED) is 0.650. The number of benzene rings is 2. The fraction of sp³-hybridized carbons (Fsp3) is 0.158. The average molecular weight is 327 g/mol. The molecule has 0 N–H and O–H groups in total. The van der Waals surface area contributed by atoms with E-state index in [2.05, 4.69) is 59.3 Å². The number of hydrogen-bond acceptors (Lipinski definition) is 3. The summed E-state index contributed by atoms with van der Waals surface area (Å²) in [7, 11) is 0. The molecule has 0 amide bonds.